The minimum Gasteiger partial charge on any atom is -0.452 e. The predicted octanol–water partition coefficient (Wildman–Crippen LogP) is 4.25. The largest absolute Gasteiger partial charge is 0.452 e. The molecule has 0 saturated heterocycles. The molecule has 31 heavy (non-hydrogen) atoms. The number of hydrogen-bond acceptors (Lipinski definition) is 6. The van der Waals surface area contributed by atoms with Crippen molar-refractivity contribution >= 4 is 11.9 Å². The zero-order valence-electron chi connectivity index (χ0n) is 17.8. The second-order valence-corrected chi connectivity index (χ2v) is 7.86. The van der Waals surface area contributed by atoms with Gasteiger partial charge in [0.05, 0.1) is 6.20 Å². The maximum absolute atomic E-state index is 12.9. The van der Waals surface area contributed by atoms with Gasteiger partial charge in [-0.15, -0.1) is 0 Å². The lowest BCUT2D eigenvalue weighted by molar-refractivity contribution is -0.140. The highest BCUT2D eigenvalue weighted by Gasteiger charge is 2.28. The van der Waals surface area contributed by atoms with Gasteiger partial charge in [-0.3, -0.25) is 9.78 Å². The molecule has 7 heteroatoms. The van der Waals surface area contributed by atoms with E-state index in [0.717, 1.165) is 5.56 Å². The maximum atomic E-state index is 12.9. The van der Waals surface area contributed by atoms with Gasteiger partial charge >= 0.3 is 5.97 Å². The van der Waals surface area contributed by atoms with Crippen LogP contribution in [0.1, 0.15) is 36.7 Å². The molecule has 0 bridgehead atoms. The van der Waals surface area contributed by atoms with E-state index in [9.17, 15) is 9.59 Å². The normalized spacial score (nSPS) is 10.9. The second kappa shape index (κ2) is 9.84. The first-order valence-corrected chi connectivity index (χ1v) is 9.89. The molecule has 2 aromatic heterocycles. The van der Waals surface area contributed by atoms with Crippen molar-refractivity contribution < 1.29 is 19.1 Å². The molecule has 3 aromatic rings. The van der Waals surface area contributed by atoms with E-state index in [-0.39, 0.29) is 24.0 Å². The summed E-state index contributed by atoms with van der Waals surface area (Å²) in [4.78, 5) is 35.3. The first-order valence-electron chi connectivity index (χ1n) is 9.89. The van der Waals surface area contributed by atoms with Crippen molar-refractivity contribution in [3.05, 3.63) is 84.3 Å². The third kappa shape index (κ3) is 6.12. The highest BCUT2D eigenvalue weighted by Crippen LogP contribution is 2.23. The third-order valence-electron chi connectivity index (χ3n) is 4.46. The molecule has 2 heterocycles. The molecule has 0 aliphatic heterocycles. The summed E-state index contributed by atoms with van der Waals surface area (Å²) < 4.78 is 11.0. The van der Waals surface area contributed by atoms with Gasteiger partial charge in [0.25, 0.3) is 5.91 Å². The molecule has 3 rings (SSSR count). The van der Waals surface area contributed by atoms with Crippen LogP contribution < -0.4 is 4.74 Å². The number of nitrogens with zero attached hydrogens (tertiary/aromatic N) is 3. The first-order chi connectivity index (χ1) is 14.8. The summed E-state index contributed by atoms with van der Waals surface area (Å²) in [5.74, 6) is -0.449. The van der Waals surface area contributed by atoms with E-state index in [1.54, 1.807) is 29.3 Å². The number of pyridine rings is 2. The molecule has 0 atom stereocenters. The molecule has 0 N–H and O–H groups in total. The number of esters is 1. The van der Waals surface area contributed by atoms with Crippen molar-refractivity contribution in [1.29, 1.82) is 0 Å². The number of aromatic nitrogens is 2. The van der Waals surface area contributed by atoms with E-state index >= 15 is 0 Å². The van der Waals surface area contributed by atoms with E-state index in [1.807, 2.05) is 51.1 Å². The molecule has 1 aromatic carbocycles. The van der Waals surface area contributed by atoms with Gasteiger partial charge in [0.2, 0.25) is 5.88 Å². The lowest BCUT2D eigenvalue weighted by Gasteiger charge is -2.35. The molecule has 7 nitrogen and oxygen atoms in total. The monoisotopic (exact) mass is 419 g/mol. The van der Waals surface area contributed by atoms with Crippen molar-refractivity contribution in [2.45, 2.75) is 32.9 Å². The van der Waals surface area contributed by atoms with Crippen LogP contribution in [0.3, 0.4) is 0 Å². The molecule has 0 fully saturated rings. The van der Waals surface area contributed by atoms with Crippen LogP contribution in [0.15, 0.2) is 73.2 Å². The predicted molar refractivity (Wildman–Crippen MR) is 116 cm³/mol. The Labute approximate surface area is 181 Å². The number of hydrogen-bond donors (Lipinski definition) is 0. The maximum Gasteiger partial charge on any atom is 0.344 e. The van der Waals surface area contributed by atoms with Gasteiger partial charge in [-0.2, -0.15) is 0 Å². The van der Waals surface area contributed by atoms with Crippen molar-refractivity contribution in [1.82, 2.24) is 14.9 Å². The standard InChI is InChI=1S/C24H25N3O4/c1-24(2,3)27(16-18-9-5-4-6-10-18)21(28)17-30-23(29)20-12-8-14-26-22(20)31-19-11-7-13-25-15-19/h4-15H,16-17H2,1-3H3. The summed E-state index contributed by atoms with van der Waals surface area (Å²) in [5, 5.41) is 0. The zero-order chi connectivity index (χ0) is 22.3. The highest BCUT2D eigenvalue weighted by atomic mass is 16.5. The Hall–Kier alpha value is -3.74. The van der Waals surface area contributed by atoms with Gasteiger partial charge in [0.1, 0.15) is 11.3 Å². The quantitative estimate of drug-likeness (QED) is 0.533. The number of carbonyl (C=O) groups excluding carboxylic acids is 2. The number of carbonyl (C=O) groups is 2. The van der Waals surface area contributed by atoms with Crippen LogP contribution in [0.2, 0.25) is 0 Å². The summed E-state index contributed by atoms with van der Waals surface area (Å²) in [6.07, 6.45) is 4.63. The lowest BCUT2D eigenvalue weighted by atomic mass is 10.0. The summed E-state index contributed by atoms with van der Waals surface area (Å²) in [7, 11) is 0. The van der Waals surface area contributed by atoms with Crippen LogP contribution >= 0.6 is 0 Å². The van der Waals surface area contributed by atoms with E-state index in [4.69, 9.17) is 9.47 Å². The van der Waals surface area contributed by atoms with Gasteiger partial charge in [-0.1, -0.05) is 30.3 Å². The smallest absolute Gasteiger partial charge is 0.344 e. The van der Waals surface area contributed by atoms with E-state index in [2.05, 4.69) is 9.97 Å². The minimum atomic E-state index is -0.686. The average Bonchev–Trinajstić information content (AvgIpc) is 2.76. The first kappa shape index (κ1) is 22.0. The van der Waals surface area contributed by atoms with Crippen LogP contribution in [-0.2, 0) is 16.1 Å². The number of ether oxygens (including phenoxy) is 2. The number of benzene rings is 1. The average molecular weight is 419 g/mol. The molecule has 0 unspecified atom stereocenters. The van der Waals surface area contributed by atoms with Crippen molar-refractivity contribution in [3.63, 3.8) is 0 Å². The van der Waals surface area contributed by atoms with Crippen LogP contribution in [0, 0.1) is 0 Å². The molecule has 0 aliphatic rings. The fourth-order valence-corrected chi connectivity index (χ4v) is 2.89. The Morgan fingerprint density at radius 2 is 1.71 bits per heavy atom. The molecule has 0 radical (unpaired) electrons. The summed E-state index contributed by atoms with van der Waals surface area (Å²) in [5.41, 5.74) is 0.684. The van der Waals surface area contributed by atoms with E-state index < -0.39 is 11.5 Å². The highest BCUT2D eigenvalue weighted by molar-refractivity contribution is 5.93. The molecule has 1 amide bonds. The van der Waals surface area contributed by atoms with Crippen molar-refractivity contribution in [3.8, 4) is 11.6 Å². The SMILES string of the molecule is CC(C)(C)N(Cc1ccccc1)C(=O)COC(=O)c1cccnc1Oc1cccnc1. The Bertz CT molecular complexity index is 1020. The van der Waals surface area contributed by atoms with Crippen LogP contribution in [0.4, 0.5) is 0 Å². The van der Waals surface area contributed by atoms with Crippen molar-refractivity contribution in [2.24, 2.45) is 0 Å². The Kier molecular flexibility index (Phi) is 6.97. The van der Waals surface area contributed by atoms with Crippen LogP contribution in [0.5, 0.6) is 11.6 Å². The van der Waals surface area contributed by atoms with Gasteiger partial charge in [0, 0.05) is 24.5 Å². The molecule has 0 aliphatic carbocycles. The summed E-state index contributed by atoms with van der Waals surface area (Å²) in [6.45, 7) is 5.86. The van der Waals surface area contributed by atoms with E-state index in [1.165, 1.54) is 18.5 Å². The second-order valence-electron chi connectivity index (χ2n) is 7.86. The topological polar surface area (TPSA) is 81.6 Å². The number of rotatable bonds is 7. The fraction of sp³-hybridized carbons (Fsp3) is 0.250. The molecular weight excluding hydrogens is 394 g/mol. The fourth-order valence-electron chi connectivity index (χ4n) is 2.89. The van der Waals surface area contributed by atoms with Crippen LogP contribution in [-0.4, -0.2) is 38.9 Å². The summed E-state index contributed by atoms with van der Waals surface area (Å²) >= 11 is 0. The lowest BCUT2D eigenvalue weighted by Crippen LogP contribution is -2.46. The molecule has 0 saturated carbocycles. The number of amides is 1. The Balaban J connectivity index is 1.68. The summed E-state index contributed by atoms with van der Waals surface area (Å²) in [6, 6.07) is 16.2. The van der Waals surface area contributed by atoms with Gasteiger partial charge in [-0.05, 0) is 50.6 Å². The minimum absolute atomic E-state index is 0.0879. The van der Waals surface area contributed by atoms with E-state index in [0.29, 0.717) is 12.3 Å². The zero-order valence-corrected chi connectivity index (χ0v) is 17.8. The van der Waals surface area contributed by atoms with Gasteiger partial charge in [-0.25, -0.2) is 9.78 Å². The third-order valence-corrected chi connectivity index (χ3v) is 4.46. The van der Waals surface area contributed by atoms with Gasteiger partial charge in [0.15, 0.2) is 6.61 Å². The van der Waals surface area contributed by atoms with Gasteiger partial charge < -0.3 is 14.4 Å². The molecular formula is C24H25N3O4. The van der Waals surface area contributed by atoms with Crippen LogP contribution in [0.25, 0.3) is 0 Å². The molecule has 0 spiro atoms. The Morgan fingerprint density at radius 1 is 0.968 bits per heavy atom. The Morgan fingerprint density at radius 3 is 2.39 bits per heavy atom. The molecule has 160 valence electrons. The van der Waals surface area contributed by atoms with Crippen molar-refractivity contribution in [2.75, 3.05) is 6.61 Å².